The van der Waals surface area contributed by atoms with Gasteiger partial charge in [-0.25, -0.2) is 13.1 Å². The zero-order valence-corrected chi connectivity index (χ0v) is 21.0. The van der Waals surface area contributed by atoms with Gasteiger partial charge in [0, 0.05) is 52.9 Å². The minimum absolute atomic E-state index is 0.0958. The standard InChI is InChI=1S/C29H29N3O3S/c1-32-26-14-6-5-13-24(26)25-20-22(16-17-27(25)32)29(33)30-18-7-2-8-19-31-36(34,35)28-15-9-11-21-10-3-4-12-23(21)28/h3-6,9-17,20,31H,2,7-8,18-19H2,1H3,(H,30,33). The van der Waals surface area contributed by atoms with Crippen molar-refractivity contribution in [3.63, 3.8) is 0 Å². The molecule has 5 aromatic rings. The van der Waals surface area contributed by atoms with Crippen LogP contribution in [0.3, 0.4) is 0 Å². The van der Waals surface area contributed by atoms with Crippen LogP contribution in [0.2, 0.25) is 0 Å². The molecule has 1 amide bonds. The number of aryl methyl sites for hydroxylation is 1. The fourth-order valence-corrected chi connectivity index (χ4v) is 6.06. The molecule has 36 heavy (non-hydrogen) atoms. The number of nitrogens with one attached hydrogen (secondary N) is 2. The molecule has 184 valence electrons. The van der Waals surface area contributed by atoms with Crippen molar-refractivity contribution < 1.29 is 13.2 Å². The molecule has 4 aromatic carbocycles. The Balaban J connectivity index is 1.11. The zero-order chi connectivity index (χ0) is 25.1. The Labute approximate surface area is 211 Å². The molecule has 1 heterocycles. The number of carbonyl (C=O) groups is 1. The molecule has 0 fully saturated rings. The number of unbranched alkanes of at least 4 members (excludes halogenated alkanes) is 2. The Morgan fingerprint density at radius 1 is 0.750 bits per heavy atom. The van der Waals surface area contributed by atoms with Crippen molar-refractivity contribution in [2.75, 3.05) is 13.1 Å². The van der Waals surface area contributed by atoms with Gasteiger partial charge in [-0.1, -0.05) is 61.0 Å². The molecular weight excluding hydrogens is 470 g/mol. The quantitative estimate of drug-likeness (QED) is 0.268. The first-order valence-electron chi connectivity index (χ1n) is 12.2. The summed E-state index contributed by atoms with van der Waals surface area (Å²) in [6.07, 6.45) is 2.28. The maximum Gasteiger partial charge on any atom is 0.251 e. The van der Waals surface area contributed by atoms with Crippen LogP contribution in [0.5, 0.6) is 0 Å². The topological polar surface area (TPSA) is 80.2 Å². The van der Waals surface area contributed by atoms with E-state index in [1.165, 1.54) is 0 Å². The molecule has 0 spiro atoms. The second-order valence-electron chi connectivity index (χ2n) is 9.00. The first-order valence-corrected chi connectivity index (χ1v) is 13.7. The van der Waals surface area contributed by atoms with Gasteiger partial charge in [-0.15, -0.1) is 0 Å². The highest BCUT2D eigenvalue weighted by Crippen LogP contribution is 2.28. The van der Waals surface area contributed by atoms with Gasteiger partial charge in [-0.05, 0) is 48.6 Å². The fourth-order valence-electron chi connectivity index (χ4n) is 4.75. The van der Waals surface area contributed by atoms with Gasteiger partial charge in [-0.3, -0.25) is 4.79 Å². The van der Waals surface area contributed by atoms with Crippen LogP contribution in [0.15, 0.2) is 89.8 Å². The van der Waals surface area contributed by atoms with Gasteiger partial charge < -0.3 is 9.88 Å². The molecule has 0 radical (unpaired) electrons. The molecule has 1 aromatic heterocycles. The van der Waals surface area contributed by atoms with Gasteiger partial charge in [0.05, 0.1) is 4.90 Å². The molecule has 7 heteroatoms. The Kier molecular flexibility index (Phi) is 6.76. The molecular formula is C29H29N3O3S. The van der Waals surface area contributed by atoms with Crippen molar-refractivity contribution in [3.8, 4) is 0 Å². The Morgan fingerprint density at radius 3 is 2.31 bits per heavy atom. The summed E-state index contributed by atoms with van der Waals surface area (Å²) in [6.45, 7) is 0.903. The maximum atomic E-state index is 12.8. The fraction of sp³-hybridized carbons (Fsp3) is 0.207. The van der Waals surface area contributed by atoms with E-state index in [2.05, 4.69) is 26.7 Å². The van der Waals surface area contributed by atoms with Gasteiger partial charge in [0.25, 0.3) is 5.91 Å². The van der Waals surface area contributed by atoms with Crippen molar-refractivity contribution in [2.24, 2.45) is 7.05 Å². The van der Waals surface area contributed by atoms with Gasteiger partial charge in [0.15, 0.2) is 0 Å². The van der Waals surface area contributed by atoms with E-state index in [-0.39, 0.29) is 5.91 Å². The average molecular weight is 500 g/mol. The Hall–Kier alpha value is -3.68. The first kappa shape index (κ1) is 24.0. The predicted molar refractivity (Wildman–Crippen MR) is 146 cm³/mol. The largest absolute Gasteiger partial charge is 0.352 e. The molecule has 0 unspecified atom stereocenters. The number of para-hydroxylation sites is 1. The van der Waals surface area contributed by atoms with Crippen molar-refractivity contribution >= 4 is 48.5 Å². The molecule has 6 nitrogen and oxygen atoms in total. The summed E-state index contributed by atoms with van der Waals surface area (Å²) in [5.74, 6) is -0.0958. The lowest BCUT2D eigenvalue weighted by molar-refractivity contribution is 0.0953. The van der Waals surface area contributed by atoms with Crippen LogP contribution >= 0.6 is 0 Å². The summed E-state index contributed by atoms with van der Waals surface area (Å²) in [7, 11) is -1.55. The third-order valence-electron chi connectivity index (χ3n) is 6.65. The number of rotatable bonds is 9. The summed E-state index contributed by atoms with van der Waals surface area (Å²) in [5, 5.41) is 6.81. The van der Waals surface area contributed by atoms with Crippen LogP contribution in [0.25, 0.3) is 32.6 Å². The second-order valence-corrected chi connectivity index (χ2v) is 10.7. The second kappa shape index (κ2) is 10.1. The summed E-state index contributed by atoms with van der Waals surface area (Å²) in [4.78, 5) is 13.0. The summed E-state index contributed by atoms with van der Waals surface area (Å²) >= 11 is 0. The van der Waals surface area contributed by atoms with E-state index in [9.17, 15) is 13.2 Å². The number of sulfonamides is 1. The monoisotopic (exact) mass is 499 g/mol. The molecule has 0 aliphatic heterocycles. The number of fused-ring (bicyclic) bond motifs is 4. The lowest BCUT2D eigenvalue weighted by Gasteiger charge is -2.10. The molecule has 2 N–H and O–H groups in total. The van der Waals surface area contributed by atoms with E-state index in [4.69, 9.17) is 0 Å². The third kappa shape index (κ3) is 4.72. The highest BCUT2D eigenvalue weighted by Gasteiger charge is 2.16. The van der Waals surface area contributed by atoms with Gasteiger partial charge in [-0.2, -0.15) is 0 Å². The molecule has 0 atom stereocenters. The molecule has 0 aliphatic rings. The number of hydrogen-bond acceptors (Lipinski definition) is 3. The lowest BCUT2D eigenvalue weighted by atomic mass is 10.1. The van der Waals surface area contributed by atoms with Crippen LogP contribution in [0, 0.1) is 0 Å². The van der Waals surface area contributed by atoms with Crippen LogP contribution in [0.4, 0.5) is 0 Å². The van der Waals surface area contributed by atoms with E-state index in [0.29, 0.717) is 30.0 Å². The van der Waals surface area contributed by atoms with Gasteiger partial charge >= 0.3 is 0 Å². The van der Waals surface area contributed by atoms with Crippen molar-refractivity contribution in [2.45, 2.75) is 24.2 Å². The van der Waals surface area contributed by atoms with Crippen molar-refractivity contribution in [1.82, 2.24) is 14.6 Å². The number of amides is 1. The van der Waals surface area contributed by atoms with E-state index >= 15 is 0 Å². The highest BCUT2D eigenvalue weighted by atomic mass is 32.2. The summed E-state index contributed by atoms with van der Waals surface area (Å²) in [6, 6.07) is 26.8. The number of nitrogens with zero attached hydrogens (tertiary/aromatic N) is 1. The number of carbonyl (C=O) groups excluding carboxylic acids is 1. The summed E-state index contributed by atoms with van der Waals surface area (Å²) < 4.78 is 30.4. The predicted octanol–water partition coefficient (Wildman–Crippen LogP) is 5.36. The molecule has 0 saturated heterocycles. The van der Waals surface area contributed by atoms with Crippen LogP contribution in [-0.2, 0) is 17.1 Å². The van der Waals surface area contributed by atoms with Crippen LogP contribution in [-0.4, -0.2) is 32.0 Å². The highest BCUT2D eigenvalue weighted by molar-refractivity contribution is 7.89. The van der Waals surface area contributed by atoms with E-state index in [1.54, 1.807) is 12.1 Å². The zero-order valence-electron chi connectivity index (χ0n) is 20.2. The van der Waals surface area contributed by atoms with Gasteiger partial charge in [0.2, 0.25) is 10.0 Å². The normalized spacial score (nSPS) is 11.9. The molecule has 5 rings (SSSR count). The molecule has 0 aliphatic carbocycles. The van der Waals surface area contributed by atoms with Crippen molar-refractivity contribution in [3.05, 3.63) is 90.5 Å². The first-order chi connectivity index (χ1) is 17.5. The number of benzene rings is 4. The lowest BCUT2D eigenvalue weighted by Crippen LogP contribution is -2.26. The molecule has 0 saturated carbocycles. The van der Waals surface area contributed by atoms with E-state index in [1.807, 2.05) is 67.7 Å². The SMILES string of the molecule is Cn1c2ccccc2c2cc(C(=O)NCCCCCNS(=O)(=O)c3cccc4ccccc34)ccc21. The van der Waals surface area contributed by atoms with Gasteiger partial charge in [0.1, 0.15) is 0 Å². The third-order valence-corrected chi connectivity index (χ3v) is 8.17. The number of hydrogen-bond donors (Lipinski definition) is 2. The van der Waals surface area contributed by atoms with Crippen molar-refractivity contribution in [1.29, 1.82) is 0 Å². The Bertz CT molecular complexity index is 1670. The smallest absolute Gasteiger partial charge is 0.251 e. The Morgan fingerprint density at radius 2 is 1.44 bits per heavy atom. The van der Waals surface area contributed by atoms with E-state index < -0.39 is 10.0 Å². The average Bonchev–Trinajstić information content (AvgIpc) is 3.19. The van der Waals surface area contributed by atoms with Crippen LogP contribution in [0.1, 0.15) is 29.6 Å². The van der Waals surface area contributed by atoms with E-state index in [0.717, 1.165) is 45.4 Å². The molecule has 0 bridgehead atoms. The minimum Gasteiger partial charge on any atom is -0.352 e. The number of aromatic nitrogens is 1. The maximum absolute atomic E-state index is 12.8. The van der Waals surface area contributed by atoms with Crippen LogP contribution < -0.4 is 10.0 Å². The minimum atomic E-state index is -3.58. The summed E-state index contributed by atoms with van der Waals surface area (Å²) in [5.41, 5.74) is 2.88.